The molecule has 2 aliphatic heterocycles. The summed E-state index contributed by atoms with van der Waals surface area (Å²) >= 11 is 0. The first-order valence-electron chi connectivity index (χ1n) is 11.8. The summed E-state index contributed by atoms with van der Waals surface area (Å²) in [5.41, 5.74) is 1.73. The lowest BCUT2D eigenvalue weighted by Gasteiger charge is -2.38. The minimum Gasteiger partial charge on any atom is -0.331 e. The van der Waals surface area contributed by atoms with E-state index in [2.05, 4.69) is 15.0 Å². The molecule has 1 aliphatic carbocycles. The Morgan fingerprint density at radius 2 is 1.94 bits per heavy atom. The van der Waals surface area contributed by atoms with Crippen LogP contribution >= 0.6 is 0 Å². The van der Waals surface area contributed by atoms with Crippen LogP contribution in [-0.4, -0.2) is 54.6 Å². The fourth-order valence-electron chi connectivity index (χ4n) is 5.52. The standard InChI is InChI=1S/C23H32N6O2/c30-21(16-28-12-6-11-24-28)29-13-5-4-9-20(29)22-25-19-10-14-27(15-18(19)23(31)26-22)17-7-2-1-3-8-17/h6,11-12,17,20H,1-5,7-10,13-16H2,(H,25,26,31)/t20-/m0/s1. The Morgan fingerprint density at radius 3 is 2.74 bits per heavy atom. The minimum atomic E-state index is -0.161. The maximum absolute atomic E-state index is 13.0. The molecule has 2 aromatic heterocycles. The Balaban J connectivity index is 1.35. The zero-order valence-electron chi connectivity index (χ0n) is 18.1. The molecule has 1 saturated heterocycles. The van der Waals surface area contributed by atoms with Gasteiger partial charge >= 0.3 is 0 Å². The molecular weight excluding hydrogens is 392 g/mol. The molecule has 3 aliphatic rings. The Hall–Kier alpha value is -2.48. The highest BCUT2D eigenvalue weighted by Crippen LogP contribution is 2.30. The van der Waals surface area contributed by atoms with E-state index in [1.54, 1.807) is 17.1 Å². The molecule has 8 nitrogen and oxygen atoms in total. The van der Waals surface area contributed by atoms with Crippen molar-refractivity contribution in [2.75, 3.05) is 13.1 Å². The monoisotopic (exact) mass is 424 g/mol. The number of rotatable bonds is 4. The van der Waals surface area contributed by atoms with E-state index in [0.717, 1.165) is 43.5 Å². The summed E-state index contributed by atoms with van der Waals surface area (Å²) in [6.45, 7) is 2.59. The van der Waals surface area contributed by atoms with Gasteiger partial charge in [0.15, 0.2) is 0 Å². The van der Waals surface area contributed by atoms with Crippen LogP contribution in [0.1, 0.15) is 74.5 Å². The zero-order valence-corrected chi connectivity index (χ0v) is 18.1. The molecule has 1 N–H and O–H groups in total. The van der Waals surface area contributed by atoms with Crippen LogP contribution in [0, 0.1) is 0 Å². The second kappa shape index (κ2) is 8.94. The summed E-state index contributed by atoms with van der Waals surface area (Å²) in [5, 5.41) is 4.16. The number of carbonyl (C=O) groups is 1. The smallest absolute Gasteiger partial charge is 0.255 e. The lowest BCUT2D eigenvalue weighted by Crippen LogP contribution is -2.44. The Labute approximate surface area is 182 Å². The maximum Gasteiger partial charge on any atom is 0.255 e. The minimum absolute atomic E-state index is 0.0226. The lowest BCUT2D eigenvalue weighted by molar-refractivity contribution is -0.136. The molecule has 8 heteroatoms. The fraction of sp³-hybridized carbons (Fsp3) is 0.652. The van der Waals surface area contributed by atoms with E-state index in [-0.39, 0.29) is 24.1 Å². The number of amides is 1. The molecule has 31 heavy (non-hydrogen) atoms. The normalized spacial score (nSPS) is 23.0. The fourth-order valence-corrected chi connectivity index (χ4v) is 5.52. The molecule has 4 heterocycles. The van der Waals surface area contributed by atoms with Gasteiger partial charge in [-0.3, -0.25) is 19.2 Å². The predicted octanol–water partition coefficient (Wildman–Crippen LogP) is 2.41. The number of hydrogen-bond acceptors (Lipinski definition) is 5. The van der Waals surface area contributed by atoms with E-state index in [4.69, 9.17) is 4.98 Å². The summed E-state index contributed by atoms with van der Waals surface area (Å²) < 4.78 is 1.65. The summed E-state index contributed by atoms with van der Waals surface area (Å²) in [5.74, 6) is 0.681. The molecule has 1 amide bonds. The number of hydrogen-bond donors (Lipinski definition) is 1. The van der Waals surface area contributed by atoms with Gasteiger partial charge < -0.3 is 9.88 Å². The van der Waals surface area contributed by atoms with Gasteiger partial charge in [0.1, 0.15) is 12.4 Å². The van der Waals surface area contributed by atoms with Crippen molar-refractivity contribution >= 4 is 5.91 Å². The van der Waals surface area contributed by atoms with Crippen LogP contribution in [0.3, 0.4) is 0 Å². The molecule has 1 saturated carbocycles. The summed E-state index contributed by atoms with van der Waals surface area (Å²) in [4.78, 5) is 38.4. The van der Waals surface area contributed by atoms with E-state index < -0.39 is 0 Å². The van der Waals surface area contributed by atoms with Crippen LogP contribution in [0.2, 0.25) is 0 Å². The lowest BCUT2D eigenvalue weighted by atomic mass is 9.92. The van der Waals surface area contributed by atoms with Crippen LogP contribution in [0.15, 0.2) is 23.3 Å². The molecule has 2 aromatic rings. The Morgan fingerprint density at radius 1 is 1.10 bits per heavy atom. The van der Waals surface area contributed by atoms with Gasteiger partial charge in [-0.25, -0.2) is 4.98 Å². The van der Waals surface area contributed by atoms with Crippen LogP contribution < -0.4 is 5.56 Å². The van der Waals surface area contributed by atoms with Gasteiger partial charge in [-0.1, -0.05) is 19.3 Å². The van der Waals surface area contributed by atoms with E-state index in [1.807, 2.05) is 11.0 Å². The van der Waals surface area contributed by atoms with Gasteiger partial charge in [0.25, 0.3) is 5.56 Å². The number of fused-ring (bicyclic) bond motifs is 1. The second-order valence-electron chi connectivity index (χ2n) is 9.19. The van der Waals surface area contributed by atoms with Crippen molar-refractivity contribution in [3.63, 3.8) is 0 Å². The Bertz CT molecular complexity index is 963. The average Bonchev–Trinajstić information content (AvgIpc) is 3.32. The molecule has 1 atom stereocenters. The van der Waals surface area contributed by atoms with Crippen molar-refractivity contribution in [2.45, 2.75) is 83.0 Å². The Kier molecular flexibility index (Phi) is 5.89. The van der Waals surface area contributed by atoms with Crippen molar-refractivity contribution in [3.8, 4) is 0 Å². The molecule has 0 radical (unpaired) electrons. The van der Waals surface area contributed by atoms with Crippen LogP contribution in [0.25, 0.3) is 0 Å². The summed E-state index contributed by atoms with van der Waals surface area (Å²) in [6, 6.07) is 2.26. The number of nitrogens with zero attached hydrogens (tertiary/aromatic N) is 5. The van der Waals surface area contributed by atoms with E-state index >= 15 is 0 Å². The van der Waals surface area contributed by atoms with Crippen LogP contribution in [0.5, 0.6) is 0 Å². The average molecular weight is 425 g/mol. The number of piperidine rings is 1. The molecule has 2 fully saturated rings. The molecule has 166 valence electrons. The van der Waals surface area contributed by atoms with Crippen molar-refractivity contribution in [3.05, 3.63) is 45.9 Å². The van der Waals surface area contributed by atoms with Crippen molar-refractivity contribution in [1.82, 2.24) is 29.5 Å². The first-order valence-corrected chi connectivity index (χ1v) is 11.8. The third-order valence-electron chi connectivity index (χ3n) is 7.20. The highest BCUT2D eigenvalue weighted by molar-refractivity contribution is 5.76. The largest absolute Gasteiger partial charge is 0.331 e. The first-order chi connectivity index (χ1) is 15.2. The SMILES string of the molecule is O=C(Cn1cccn1)N1CCCC[C@H]1c1nc2c(c(=O)[nH]1)CN(C1CCCCC1)CC2. The topological polar surface area (TPSA) is 87.1 Å². The second-order valence-corrected chi connectivity index (χ2v) is 9.19. The first kappa shape index (κ1) is 20.4. The number of nitrogens with one attached hydrogen (secondary N) is 1. The van der Waals surface area contributed by atoms with Crippen LogP contribution in [-0.2, 0) is 24.3 Å². The van der Waals surface area contributed by atoms with Crippen molar-refractivity contribution in [1.29, 1.82) is 0 Å². The highest BCUT2D eigenvalue weighted by atomic mass is 16.2. The van der Waals surface area contributed by atoms with Gasteiger partial charge in [-0.05, 0) is 38.2 Å². The quantitative estimate of drug-likeness (QED) is 0.814. The highest BCUT2D eigenvalue weighted by Gasteiger charge is 2.32. The third kappa shape index (κ3) is 4.31. The van der Waals surface area contributed by atoms with E-state index in [0.29, 0.717) is 25.0 Å². The molecule has 5 rings (SSSR count). The van der Waals surface area contributed by atoms with E-state index in [9.17, 15) is 9.59 Å². The predicted molar refractivity (Wildman–Crippen MR) is 116 cm³/mol. The van der Waals surface area contributed by atoms with E-state index in [1.165, 1.54) is 32.1 Å². The van der Waals surface area contributed by atoms with Crippen molar-refractivity contribution in [2.24, 2.45) is 0 Å². The van der Waals surface area contributed by atoms with Gasteiger partial charge in [0.2, 0.25) is 5.91 Å². The number of carbonyl (C=O) groups excluding carboxylic acids is 1. The number of H-pyrrole nitrogens is 1. The number of aromatic nitrogens is 4. The van der Waals surface area contributed by atoms with Gasteiger partial charge in [-0.2, -0.15) is 5.10 Å². The number of aromatic amines is 1. The van der Waals surface area contributed by atoms with Gasteiger partial charge in [-0.15, -0.1) is 0 Å². The summed E-state index contributed by atoms with van der Waals surface area (Å²) in [6.07, 6.45) is 13.6. The van der Waals surface area contributed by atoms with Gasteiger partial charge in [0, 0.05) is 44.5 Å². The zero-order chi connectivity index (χ0) is 21.2. The molecular formula is C23H32N6O2. The molecule has 0 unspecified atom stereocenters. The molecule has 0 aromatic carbocycles. The maximum atomic E-state index is 13.0. The molecule has 0 spiro atoms. The third-order valence-corrected chi connectivity index (χ3v) is 7.20. The summed E-state index contributed by atoms with van der Waals surface area (Å²) in [7, 11) is 0. The number of likely N-dealkylation sites (tertiary alicyclic amines) is 1. The van der Waals surface area contributed by atoms with Crippen LogP contribution in [0.4, 0.5) is 0 Å². The van der Waals surface area contributed by atoms with Crippen molar-refractivity contribution < 1.29 is 4.79 Å². The van der Waals surface area contributed by atoms with Gasteiger partial charge in [0.05, 0.1) is 17.3 Å². The molecule has 0 bridgehead atoms.